The van der Waals surface area contributed by atoms with Crippen molar-refractivity contribution in [3.8, 4) is 0 Å². The minimum atomic E-state index is -0.717. The Labute approximate surface area is 231 Å². The highest BCUT2D eigenvalue weighted by Gasteiger charge is 2.30. The Balaban J connectivity index is 1.40. The summed E-state index contributed by atoms with van der Waals surface area (Å²) in [5.74, 6) is 0.423. The summed E-state index contributed by atoms with van der Waals surface area (Å²) in [6.07, 6.45) is 4.14. The van der Waals surface area contributed by atoms with Gasteiger partial charge < -0.3 is 19.5 Å². The highest BCUT2D eigenvalue weighted by molar-refractivity contribution is 7.13. The van der Waals surface area contributed by atoms with Crippen LogP contribution in [0.5, 0.6) is 0 Å². The molecular formula is C28H34N6O4S. The highest BCUT2D eigenvalue weighted by atomic mass is 32.1. The Morgan fingerprint density at radius 1 is 1.10 bits per heavy atom. The molecule has 3 amide bonds. The van der Waals surface area contributed by atoms with Crippen LogP contribution in [0.2, 0.25) is 0 Å². The molecule has 0 spiro atoms. The smallest absolute Gasteiger partial charge is 0.269 e. The number of carbonyl (C=O) groups is 3. The number of aryl methyl sites for hydroxylation is 3. The number of guanidine groups is 1. The molecule has 2 aromatic heterocycles. The lowest BCUT2D eigenvalue weighted by molar-refractivity contribution is -0.140. The van der Waals surface area contributed by atoms with E-state index in [1.807, 2.05) is 43.0 Å². The van der Waals surface area contributed by atoms with Crippen molar-refractivity contribution in [2.45, 2.75) is 58.9 Å². The number of amides is 3. The second-order valence-corrected chi connectivity index (χ2v) is 11.4. The number of fused-ring (bicyclic) bond motifs is 1. The average Bonchev–Trinajstić information content (AvgIpc) is 3.61. The molecule has 2 saturated heterocycles. The lowest BCUT2D eigenvalue weighted by atomic mass is 10.1. The summed E-state index contributed by atoms with van der Waals surface area (Å²) < 4.78 is 5.68. The van der Waals surface area contributed by atoms with Gasteiger partial charge in [-0.05, 0) is 77.1 Å². The molecule has 2 aliphatic rings. The maximum atomic E-state index is 13.6. The normalized spacial score (nSPS) is 18.5. The number of nitrogens with one attached hydrogen (secondary N) is 2. The molecule has 2 fully saturated rings. The minimum absolute atomic E-state index is 0.0168. The van der Waals surface area contributed by atoms with Gasteiger partial charge in [0.2, 0.25) is 17.8 Å². The van der Waals surface area contributed by atoms with Crippen molar-refractivity contribution in [1.82, 2.24) is 20.1 Å². The maximum absolute atomic E-state index is 13.6. The number of likely N-dealkylation sites (tertiary alicyclic amines) is 2. The van der Waals surface area contributed by atoms with Crippen molar-refractivity contribution in [3.63, 3.8) is 0 Å². The van der Waals surface area contributed by atoms with Crippen LogP contribution >= 0.6 is 11.3 Å². The molecule has 39 heavy (non-hydrogen) atoms. The monoisotopic (exact) mass is 550 g/mol. The molecule has 2 aliphatic heterocycles. The van der Waals surface area contributed by atoms with Crippen LogP contribution in [0.4, 0.5) is 5.69 Å². The van der Waals surface area contributed by atoms with E-state index < -0.39 is 6.04 Å². The van der Waals surface area contributed by atoms with E-state index >= 15 is 0 Å². The van der Waals surface area contributed by atoms with Crippen molar-refractivity contribution < 1.29 is 18.8 Å². The number of thiazole rings is 1. The maximum Gasteiger partial charge on any atom is 0.269 e. The van der Waals surface area contributed by atoms with Crippen molar-refractivity contribution in [3.05, 3.63) is 45.6 Å². The number of aliphatic imine (C=N–C) groups is 1. The zero-order valence-corrected chi connectivity index (χ0v) is 23.4. The summed E-state index contributed by atoms with van der Waals surface area (Å²) in [5, 5.41) is 7.79. The summed E-state index contributed by atoms with van der Waals surface area (Å²) in [4.78, 5) is 52.6. The van der Waals surface area contributed by atoms with Gasteiger partial charge in [-0.1, -0.05) is 0 Å². The molecule has 3 aromatic rings. The Bertz CT molecular complexity index is 1420. The number of furan rings is 1. The van der Waals surface area contributed by atoms with Crippen LogP contribution < -0.4 is 10.6 Å². The van der Waals surface area contributed by atoms with Crippen molar-refractivity contribution in [1.29, 1.82) is 0 Å². The number of benzene rings is 1. The quantitative estimate of drug-likeness (QED) is 0.366. The number of nitrogens with zero attached hydrogens (tertiary/aromatic N) is 4. The minimum Gasteiger partial charge on any atom is -0.461 e. The summed E-state index contributed by atoms with van der Waals surface area (Å²) in [5.41, 5.74) is 2.09. The molecule has 5 rings (SSSR count). The second kappa shape index (κ2) is 11.6. The van der Waals surface area contributed by atoms with Crippen LogP contribution in [-0.2, 0) is 9.59 Å². The van der Waals surface area contributed by atoms with Gasteiger partial charge in [-0.3, -0.25) is 19.7 Å². The summed E-state index contributed by atoms with van der Waals surface area (Å²) in [6.45, 7) is 7.62. The average molecular weight is 551 g/mol. The van der Waals surface area contributed by atoms with Crippen LogP contribution in [0.1, 0.15) is 58.2 Å². The first kappa shape index (κ1) is 26.9. The van der Waals surface area contributed by atoms with Crippen molar-refractivity contribution in [2.24, 2.45) is 4.99 Å². The molecule has 10 nitrogen and oxygen atoms in total. The molecule has 0 bridgehead atoms. The van der Waals surface area contributed by atoms with Crippen LogP contribution in [0.15, 0.2) is 33.7 Å². The molecule has 11 heteroatoms. The molecule has 0 saturated carbocycles. The lowest BCUT2D eigenvalue weighted by Crippen LogP contribution is -2.45. The van der Waals surface area contributed by atoms with Gasteiger partial charge in [0, 0.05) is 30.7 Å². The fourth-order valence-corrected chi connectivity index (χ4v) is 5.95. The van der Waals surface area contributed by atoms with Crippen molar-refractivity contribution in [2.75, 3.05) is 31.5 Å². The Morgan fingerprint density at radius 3 is 2.62 bits per heavy atom. The van der Waals surface area contributed by atoms with Gasteiger partial charge in [0.15, 0.2) is 0 Å². The molecule has 0 radical (unpaired) electrons. The molecule has 1 aromatic carbocycles. The molecule has 1 atom stereocenters. The molecule has 0 unspecified atom stereocenters. The number of hydrogen-bond acceptors (Lipinski definition) is 7. The van der Waals surface area contributed by atoms with E-state index in [1.54, 1.807) is 11.8 Å². The van der Waals surface area contributed by atoms with Gasteiger partial charge in [-0.25, -0.2) is 9.98 Å². The molecule has 0 aliphatic carbocycles. The summed E-state index contributed by atoms with van der Waals surface area (Å²) in [7, 11) is 0. The Kier molecular flexibility index (Phi) is 7.97. The first-order chi connectivity index (χ1) is 18.8. The lowest BCUT2D eigenvalue weighted by Gasteiger charge is -2.25. The number of aromatic nitrogens is 1. The molecular weight excluding hydrogens is 516 g/mol. The van der Waals surface area contributed by atoms with Gasteiger partial charge in [-0.15, -0.1) is 11.3 Å². The first-order valence-corrected chi connectivity index (χ1v) is 14.3. The Hall–Kier alpha value is -3.73. The van der Waals surface area contributed by atoms with Crippen LogP contribution in [-0.4, -0.2) is 70.7 Å². The zero-order valence-electron chi connectivity index (χ0n) is 22.6. The van der Waals surface area contributed by atoms with Crippen LogP contribution in [0.3, 0.4) is 0 Å². The molecule has 4 heterocycles. The van der Waals surface area contributed by atoms with E-state index in [9.17, 15) is 14.4 Å². The number of hydrogen-bond donors (Lipinski definition) is 2. The van der Waals surface area contributed by atoms with Gasteiger partial charge >= 0.3 is 0 Å². The van der Waals surface area contributed by atoms with E-state index in [0.29, 0.717) is 29.2 Å². The number of anilines is 1. The highest BCUT2D eigenvalue weighted by Crippen LogP contribution is 2.23. The van der Waals surface area contributed by atoms with E-state index in [4.69, 9.17) is 9.41 Å². The van der Waals surface area contributed by atoms with E-state index in [2.05, 4.69) is 15.6 Å². The number of rotatable bonds is 5. The van der Waals surface area contributed by atoms with Gasteiger partial charge in [0.1, 0.15) is 22.3 Å². The summed E-state index contributed by atoms with van der Waals surface area (Å²) in [6, 6.07) is 6.81. The van der Waals surface area contributed by atoms with E-state index in [1.165, 1.54) is 11.3 Å². The van der Waals surface area contributed by atoms with Gasteiger partial charge in [0.25, 0.3) is 5.91 Å². The predicted octanol–water partition coefficient (Wildman–Crippen LogP) is 4.02. The van der Waals surface area contributed by atoms with Crippen LogP contribution in [0, 0.1) is 20.8 Å². The fourth-order valence-electron chi connectivity index (χ4n) is 5.14. The topological polar surface area (TPSA) is 120 Å². The number of carbonyl (C=O) groups excluding carboxylic acids is 3. The SMILES string of the molecule is Cc1cc2cc(NC(=N[C@H]3CCCCN(CC(=O)N4CCCC4)C3=O)NC(=O)c3sc(C)nc3C)ccc2o1. The second-order valence-electron chi connectivity index (χ2n) is 10.2. The standard InChI is InChI=1S/C28H34N6O4S/c1-17-14-20-15-21(9-10-23(20)38-17)30-28(32-26(36)25-18(2)29-19(3)39-25)31-22-8-4-5-13-34(27(22)37)16-24(35)33-11-6-7-12-33/h9-10,14-15,22H,4-8,11-13,16H2,1-3H3,(H2,30,31,32,36)/t22-/m0/s1. The molecule has 2 N–H and O–H groups in total. The fraction of sp³-hybridized carbons (Fsp3) is 0.464. The largest absolute Gasteiger partial charge is 0.461 e. The van der Waals surface area contributed by atoms with E-state index in [0.717, 1.165) is 60.5 Å². The first-order valence-electron chi connectivity index (χ1n) is 13.4. The van der Waals surface area contributed by atoms with E-state index in [-0.39, 0.29) is 30.2 Å². The Morgan fingerprint density at radius 2 is 1.87 bits per heavy atom. The van der Waals surface area contributed by atoms with Gasteiger partial charge in [-0.2, -0.15) is 0 Å². The third-order valence-electron chi connectivity index (χ3n) is 7.07. The third-order valence-corrected chi connectivity index (χ3v) is 8.14. The van der Waals surface area contributed by atoms with Crippen molar-refractivity contribution >= 4 is 51.7 Å². The van der Waals surface area contributed by atoms with Gasteiger partial charge in [0.05, 0.1) is 17.2 Å². The van der Waals surface area contributed by atoms with Crippen LogP contribution in [0.25, 0.3) is 11.0 Å². The zero-order chi connectivity index (χ0) is 27.5. The predicted molar refractivity (Wildman–Crippen MR) is 151 cm³/mol. The third kappa shape index (κ3) is 6.30. The molecule has 206 valence electrons. The summed E-state index contributed by atoms with van der Waals surface area (Å²) >= 11 is 1.31.